The summed E-state index contributed by atoms with van der Waals surface area (Å²) < 4.78 is 10.4. The van der Waals surface area contributed by atoms with E-state index in [0.29, 0.717) is 5.56 Å². The number of ether oxygens (including phenoxy) is 2. The summed E-state index contributed by atoms with van der Waals surface area (Å²) in [6, 6.07) is 8.90. The van der Waals surface area contributed by atoms with Crippen molar-refractivity contribution in [1.82, 2.24) is 5.43 Å². The number of nitro groups is 1. The van der Waals surface area contributed by atoms with Crippen LogP contribution in [0.2, 0.25) is 0 Å². The first-order valence-electron chi connectivity index (χ1n) is 7.14. The number of rotatable bonds is 6. The third-order valence-corrected chi connectivity index (χ3v) is 3.07. The number of carbonyl (C=O) groups is 2. The summed E-state index contributed by atoms with van der Waals surface area (Å²) >= 11 is 0. The molecule has 2 aromatic carbocycles. The summed E-state index contributed by atoms with van der Waals surface area (Å²) in [7, 11) is 1.38. The number of nitro benzene ring substituents is 1. The Bertz CT molecular complexity index is 881. The monoisotopic (exact) mass is 358 g/mol. The topological polar surface area (TPSA) is 146 Å². The minimum absolute atomic E-state index is 0.0255. The number of non-ortho nitro benzene ring substituents is 1. The highest BCUT2D eigenvalue weighted by Crippen LogP contribution is 2.28. The van der Waals surface area contributed by atoms with E-state index in [1.165, 1.54) is 43.7 Å². The third-order valence-electron chi connectivity index (χ3n) is 3.07. The zero-order valence-corrected chi connectivity index (χ0v) is 13.5. The lowest BCUT2D eigenvalue weighted by Gasteiger charge is -2.10. The number of hydrogen-bond acceptors (Lipinski definition) is 7. The lowest BCUT2D eigenvalue weighted by molar-refractivity contribution is -0.384. The highest BCUT2D eigenvalue weighted by Gasteiger charge is 2.15. The number of methoxy groups -OCH3 is 1. The molecular weight excluding hydrogens is 344 g/mol. The third kappa shape index (κ3) is 4.77. The van der Waals surface area contributed by atoms with E-state index in [1.807, 2.05) is 5.43 Å². The van der Waals surface area contributed by atoms with Gasteiger partial charge in [-0.15, -0.1) is 0 Å². The summed E-state index contributed by atoms with van der Waals surface area (Å²) in [5, 5.41) is 14.4. The Morgan fingerprint density at radius 2 is 2.00 bits per heavy atom. The van der Waals surface area contributed by atoms with Gasteiger partial charge in [0.1, 0.15) is 0 Å². The van der Waals surface area contributed by atoms with Gasteiger partial charge in [-0.1, -0.05) is 6.07 Å². The van der Waals surface area contributed by atoms with Crippen LogP contribution in [0, 0.1) is 10.1 Å². The van der Waals surface area contributed by atoms with Crippen LogP contribution in [0.1, 0.15) is 15.9 Å². The zero-order chi connectivity index (χ0) is 19.1. The SMILES string of the molecule is COc1cc(/C=N/NC(N)=O)ccc1OC(=O)c1cccc([N+](=O)[O-])c1. The number of carbonyl (C=O) groups excluding carboxylic acids is 2. The first kappa shape index (κ1) is 18.4. The van der Waals surface area contributed by atoms with Crippen molar-refractivity contribution in [2.75, 3.05) is 7.11 Å². The molecular formula is C16H14N4O6. The number of benzene rings is 2. The van der Waals surface area contributed by atoms with Crippen molar-refractivity contribution in [2.24, 2.45) is 10.8 Å². The molecule has 0 atom stereocenters. The van der Waals surface area contributed by atoms with Crippen LogP contribution in [0.15, 0.2) is 47.6 Å². The fraction of sp³-hybridized carbons (Fsp3) is 0.0625. The maximum absolute atomic E-state index is 12.2. The normalized spacial score (nSPS) is 10.3. The maximum atomic E-state index is 12.2. The van der Waals surface area contributed by atoms with E-state index < -0.39 is 16.9 Å². The van der Waals surface area contributed by atoms with Crippen molar-refractivity contribution in [3.05, 3.63) is 63.7 Å². The largest absolute Gasteiger partial charge is 0.493 e. The molecule has 0 saturated heterocycles. The van der Waals surface area contributed by atoms with E-state index in [0.717, 1.165) is 6.07 Å². The standard InChI is InChI=1S/C16H14N4O6/c1-25-14-7-10(9-18-19-16(17)22)5-6-13(14)26-15(21)11-3-2-4-12(8-11)20(23)24/h2-9H,1H3,(H3,17,19,22)/b18-9+. The molecule has 0 aliphatic rings. The van der Waals surface area contributed by atoms with Crippen LogP contribution in [0.5, 0.6) is 11.5 Å². The first-order chi connectivity index (χ1) is 12.4. The predicted molar refractivity (Wildman–Crippen MR) is 91.4 cm³/mol. The van der Waals surface area contributed by atoms with Crippen molar-refractivity contribution in [3.63, 3.8) is 0 Å². The summed E-state index contributed by atoms with van der Waals surface area (Å²) in [4.78, 5) is 32.9. The Hall–Kier alpha value is -3.95. The van der Waals surface area contributed by atoms with Crippen LogP contribution in [0.3, 0.4) is 0 Å². The zero-order valence-electron chi connectivity index (χ0n) is 13.5. The Labute approximate surface area is 147 Å². The summed E-state index contributed by atoms with van der Waals surface area (Å²) in [5.74, 6) is -0.431. The Morgan fingerprint density at radius 3 is 2.65 bits per heavy atom. The van der Waals surface area contributed by atoms with Gasteiger partial charge in [0.05, 0.1) is 23.8 Å². The molecule has 2 aromatic rings. The number of nitrogens with one attached hydrogen (secondary N) is 1. The van der Waals surface area contributed by atoms with Gasteiger partial charge in [0, 0.05) is 12.1 Å². The highest BCUT2D eigenvalue weighted by molar-refractivity contribution is 5.92. The maximum Gasteiger partial charge on any atom is 0.343 e. The number of nitrogens with zero attached hydrogens (tertiary/aromatic N) is 2. The van der Waals surface area contributed by atoms with Crippen molar-refractivity contribution in [1.29, 1.82) is 0 Å². The fourth-order valence-electron chi connectivity index (χ4n) is 1.92. The quantitative estimate of drug-likeness (QED) is 0.265. The van der Waals surface area contributed by atoms with E-state index in [-0.39, 0.29) is 22.7 Å². The predicted octanol–water partition coefficient (Wildman–Crippen LogP) is 1.82. The lowest BCUT2D eigenvalue weighted by atomic mass is 10.2. The molecule has 3 N–H and O–H groups in total. The number of urea groups is 1. The fourth-order valence-corrected chi connectivity index (χ4v) is 1.92. The van der Waals surface area contributed by atoms with Crippen molar-refractivity contribution < 1.29 is 24.0 Å². The minimum Gasteiger partial charge on any atom is -0.493 e. The van der Waals surface area contributed by atoms with Crippen LogP contribution in [0.25, 0.3) is 0 Å². The summed E-state index contributed by atoms with van der Waals surface area (Å²) in [6.07, 6.45) is 1.32. The van der Waals surface area contributed by atoms with Gasteiger partial charge in [-0.25, -0.2) is 15.0 Å². The van der Waals surface area contributed by atoms with Gasteiger partial charge in [-0.3, -0.25) is 10.1 Å². The molecule has 10 heteroatoms. The van der Waals surface area contributed by atoms with Crippen LogP contribution in [-0.2, 0) is 0 Å². The van der Waals surface area contributed by atoms with Crippen LogP contribution >= 0.6 is 0 Å². The van der Waals surface area contributed by atoms with E-state index in [4.69, 9.17) is 15.2 Å². The molecule has 26 heavy (non-hydrogen) atoms. The molecule has 0 unspecified atom stereocenters. The highest BCUT2D eigenvalue weighted by atomic mass is 16.6. The van der Waals surface area contributed by atoms with Crippen molar-refractivity contribution in [2.45, 2.75) is 0 Å². The second-order valence-corrected chi connectivity index (χ2v) is 4.84. The average Bonchev–Trinajstić information content (AvgIpc) is 2.62. The van der Waals surface area contributed by atoms with Gasteiger partial charge in [0.15, 0.2) is 11.5 Å². The smallest absolute Gasteiger partial charge is 0.343 e. The molecule has 0 aliphatic heterocycles. The molecule has 0 radical (unpaired) electrons. The number of amides is 2. The Kier molecular flexibility index (Phi) is 5.83. The van der Waals surface area contributed by atoms with Gasteiger partial charge in [0.25, 0.3) is 5.69 Å². The van der Waals surface area contributed by atoms with Gasteiger partial charge in [-0.2, -0.15) is 5.10 Å². The average molecular weight is 358 g/mol. The Balaban J connectivity index is 2.19. The van der Waals surface area contributed by atoms with E-state index in [9.17, 15) is 19.7 Å². The Morgan fingerprint density at radius 1 is 1.23 bits per heavy atom. The molecule has 2 amide bonds. The van der Waals surface area contributed by atoms with E-state index >= 15 is 0 Å². The van der Waals surface area contributed by atoms with E-state index in [2.05, 4.69) is 5.10 Å². The number of esters is 1. The van der Waals surface area contributed by atoms with Crippen LogP contribution in [0.4, 0.5) is 10.5 Å². The summed E-state index contributed by atoms with van der Waals surface area (Å²) in [5.41, 5.74) is 7.28. The first-order valence-corrected chi connectivity index (χ1v) is 7.14. The molecule has 0 bridgehead atoms. The number of hydrogen-bond donors (Lipinski definition) is 2. The summed E-state index contributed by atoms with van der Waals surface area (Å²) in [6.45, 7) is 0. The molecule has 0 aromatic heterocycles. The van der Waals surface area contributed by atoms with Crippen molar-refractivity contribution >= 4 is 23.9 Å². The second kappa shape index (κ2) is 8.24. The second-order valence-electron chi connectivity index (χ2n) is 4.84. The molecule has 0 fully saturated rings. The molecule has 0 aliphatic carbocycles. The number of nitrogens with two attached hydrogens (primary N) is 1. The van der Waals surface area contributed by atoms with Gasteiger partial charge in [-0.05, 0) is 29.8 Å². The molecule has 0 spiro atoms. The van der Waals surface area contributed by atoms with Gasteiger partial charge >= 0.3 is 12.0 Å². The van der Waals surface area contributed by atoms with Gasteiger partial charge in [0.2, 0.25) is 0 Å². The van der Waals surface area contributed by atoms with Crippen molar-refractivity contribution in [3.8, 4) is 11.5 Å². The molecule has 10 nitrogen and oxygen atoms in total. The van der Waals surface area contributed by atoms with Crippen LogP contribution in [-0.4, -0.2) is 30.2 Å². The molecule has 0 saturated carbocycles. The minimum atomic E-state index is -0.810. The van der Waals surface area contributed by atoms with Gasteiger partial charge < -0.3 is 15.2 Å². The molecule has 2 rings (SSSR count). The number of hydrazone groups is 1. The molecule has 0 heterocycles. The number of primary amides is 1. The van der Waals surface area contributed by atoms with E-state index in [1.54, 1.807) is 6.07 Å². The molecule has 134 valence electrons. The van der Waals surface area contributed by atoms with Crippen LogP contribution < -0.4 is 20.6 Å². The lowest BCUT2D eigenvalue weighted by Crippen LogP contribution is -2.24.